The molecule has 0 unspecified atom stereocenters. The zero-order chi connectivity index (χ0) is 14.4. The first kappa shape index (κ1) is 14.0. The molecule has 0 saturated heterocycles. The zero-order valence-corrected chi connectivity index (χ0v) is 10.6. The first-order chi connectivity index (χ1) is 9.69. The lowest BCUT2D eigenvalue weighted by Gasteiger charge is -2.08. The zero-order valence-electron chi connectivity index (χ0n) is 10.6. The van der Waals surface area contributed by atoms with Crippen LogP contribution in [0.5, 0.6) is 5.75 Å². The van der Waals surface area contributed by atoms with Gasteiger partial charge in [-0.3, -0.25) is 0 Å². The molecule has 0 heterocycles. The van der Waals surface area contributed by atoms with Crippen LogP contribution >= 0.6 is 0 Å². The van der Waals surface area contributed by atoms with E-state index in [0.29, 0.717) is 11.3 Å². The molecule has 0 bridgehead atoms. The van der Waals surface area contributed by atoms with E-state index in [9.17, 15) is 8.78 Å². The van der Waals surface area contributed by atoms with Crippen LogP contribution in [0.15, 0.2) is 42.5 Å². The van der Waals surface area contributed by atoms with E-state index in [0.717, 1.165) is 5.56 Å². The summed E-state index contributed by atoms with van der Waals surface area (Å²) in [5.41, 5.74) is 1.15. The SMILES string of the molecule is OCC#Cc1cc(F)ccc1OCc1ccc(F)cc1. The maximum atomic E-state index is 13.2. The number of aliphatic hydroxyl groups is 1. The molecule has 0 aliphatic carbocycles. The van der Waals surface area contributed by atoms with Gasteiger partial charge in [0, 0.05) is 0 Å². The Morgan fingerprint density at radius 1 is 1.00 bits per heavy atom. The van der Waals surface area contributed by atoms with Gasteiger partial charge in [0.15, 0.2) is 0 Å². The van der Waals surface area contributed by atoms with Crippen LogP contribution in [-0.4, -0.2) is 11.7 Å². The molecule has 0 aromatic heterocycles. The Morgan fingerprint density at radius 2 is 1.70 bits per heavy atom. The average Bonchev–Trinajstić information content (AvgIpc) is 2.46. The quantitative estimate of drug-likeness (QED) is 0.872. The molecule has 2 rings (SSSR count). The summed E-state index contributed by atoms with van der Waals surface area (Å²) in [6.07, 6.45) is 0. The Morgan fingerprint density at radius 3 is 2.40 bits per heavy atom. The van der Waals surface area contributed by atoms with Gasteiger partial charge in [-0.15, -0.1) is 0 Å². The van der Waals surface area contributed by atoms with Crippen molar-refractivity contribution in [2.24, 2.45) is 0 Å². The van der Waals surface area contributed by atoms with E-state index < -0.39 is 5.82 Å². The second kappa shape index (κ2) is 6.69. The summed E-state index contributed by atoms with van der Waals surface area (Å²) in [5, 5.41) is 8.68. The van der Waals surface area contributed by atoms with Crippen LogP contribution in [0.1, 0.15) is 11.1 Å². The third kappa shape index (κ3) is 3.81. The van der Waals surface area contributed by atoms with E-state index in [-0.39, 0.29) is 19.0 Å². The van der Waals surface area contributed by atoms with Gasteiger partial charge in [-0.1, -0.05) is 24.0 Å². The first-order valence-corrected chi connectivity index (χ1v) is 5.95. The number of benzene rings is 2. The largest absolute Gasteiger partial charge is 0.488 e. The summed E-state index contributed by atoms with van der Waals surface area (Å²) in [5.74, 6) is 4.74. The molecule has 0 spiro atoms. The molecule has 4 heteroatoms. The topological polar surface area (TPSA) is 29.5 Å². The second-order valence-corrected chi connectivity index (χ2v) is 4.02. The number of hydrogen-bond acceptors (Lipinski definition) is 2. The van der Waals surface area contributed by atoms with Crippen molar-refractivity contribution in [3.63, 3.8) is 0 Å². The molecule has 0 amide bonds. The molecule has 2 nitrogen and oxygen atoms in total. The third-order valence-corrected chi connectivity index (χ3v) is 2.55. The summed E-state index contributed by atoms with van der Waals surface area (Å²) < 4.78 is 31.5. The maximum Gasteiger partial charge on any atom is 0.135 e. The predicted octanol–water partition coefficient (Wildman–Crippen LogP) is 2.89. The summed E-state index contributed by atoms with van der Waals surface area (Å²) in [6.45, 7) is -0.0896. The minimum atomic E-state index is -0.429. The lowest BCUT2D eigenvalue weighted by atomic mass is 10.2. The minimum Gasteiger partial charge on any atom is -0.488 e. The number of aliphatic hydroxyl groups excluding tert-OH is 1. The van der Waals surface area contributed by atoms with E-state index in [1.807, 2.05) is 0 Å². The van der Waals surface area contributed by atoms with Crippen molar-refractivity contribution < 1.29 is 18.6 Å². The fourth-order valence-corrected chi connectivity index (χ4v) is 1.60. The molecule has 2 aromatic rings. The van der Waals surface area contributed by atoms with E-state index in [2.05, 4.69) is 11.8 Å². The Labute approximate surface area is 115 Å². The number of halogens is 2. The molecule has 2 aromatic carbocycles. The number of rotatable bonds is 3. The highest BCUT2D eigenvalue weighted by Gasteiger charge is 2.04. The standard InChI is InChI=1S/C16H12F2O2/c17-14-5-3-12(4-6-14)11-20-16-8-7-15(18)10-13(16)2-1-9-19/h3-8,10,19H,9,11H2. The fourth-order valence-electron chi connectivity index (χ4n) is 1.60. The normalized spacial score (nSPS) is 9.75. The highest BCUT2D eigenvalue weighted by molar-refractivity contribution is 5.46. The van der Waals surface area contributed by atoms with Gasteiger partial charge in [-0.05, 0) is 35.9 Å². The van der Waals surface area contributed by atoms with Gasteiger partial charge >= 0.3 is 0 Å². The Balaban J connectivity index is 2.14. The van der Waals surface area contributed by atoms with Crippen molar-refractivity contribution in [3.05, 3.63) is 65.2 Å². The van der Waals surface area contributed by atoms with Gasteiger partial charge in [0.2, 0.25) is 0 Å². The van der Waals surface area contributed by atoms with Crippen molar-refractivity contribution in [1.29, 1.82) is 0 Å². The Bertz CT molecular complexity index is 640. The number of ether oxygens (including phenoxy) is 1. The molecule has 0 aliphatic heterocycles. The van der Waals surface area contributed by atoms with E-state index >= 15 is 0 Å². The van der Waals surface area contributed by atoms with E-state index in [4.69, 9.17) is 9.84 Å². The summed E-state index contributed by atoms with van der Waals surface area (Å²) >= 11 is 0. The molecule has 1 N–H and O–H groups in total. The van der Waals surface area contributed by atoms with Gasteiger partial charge in [0.25, 0.3) is 0 Å². The summed E-state index contributed by atoms with van der Waals surface area (Å²) in [6, 6.07) is 9.88. The number of hydrogen-bond donors (Lipinski definition) is 1. The van der Waals surface area contributed by atoms with E-state index in [1.54, 1.807) is 12.1 Å². The first-order valence-electron chi connectivity index (χ1n) is 5.95. The van der Waals surface area contributed by atoms with E-state index in [1.165, 1.54) is 30.3 Å². The minimum absolute atomic E-state index is 0.222. The molecule has 0 atom stereocenters. The molecule has 0 radical (unpaired) electrons. The van der Waals surface area contributed by atoms with Crippen LogP contribution in [0.3, 0.4) is 0 Å². The van der Waals surface area contributed by atoms with Gasteiger partial charge in [0.05, 0.1) is 5.56 Å². The van der Waals surface area contributed by atoms with Crippen LogP contribution in [0.4, 0.5) is 8.78 Å². The second-order valence-electron chi connectivity index (χ2n) is 4.02. The van der Waals surface area contributed by atoms with Crippen LogP contribution in [0.2, 0.25) is 0 Å². The van der Waals surface area contributed by atoms with Crippen molar-refractivity contribution >= 4 is 0 Å². The van der Waals surface area contributed by atoms with Gasteiger partial charge in [-0.2, -0.15) is 0 Å². The molecule has 0 saturated carbocycles. The highest BCUT2D eigenvalue weighted by atomic mass is 19.1. The summed E-state index contributed by atoms with van der Waals surface area (Å²) in [7, 11) is 0. The van der Waals surface area contributed by atoms with Crippen molar-refractivity contribution in [2.45, 2.75) is 6.61 Å². The van der Waals surface area contributed by atoms with Gasteiger partial charge < -0.3 is 9.84 Å². The lowest BCUT2D eigenvalue weighted by Crippen LogP contribution is -1.98. The monoisotopic (exact) mass is 274 g/mol. The Hall–Kier alpha value is -2.38. The molecule has 20 heavy (non-hydrogen) atoms. The van der Waals surface area contributed by atoms with Gasteiger partial charge in [-0.25, -0.2) is 8.78 Å². The lowest BCUT2D eigenvalue weighted by molar-refractivity contribution is 0.304. The van der Waals surface area contributed by atoms with Crippen LogP contribution in [-0.2, 0) is 6.61 Å². The smallest absolute Gasteiger partial charge is 0.135 e. The van der Waals surface area contributed by atoms with Crippen molar-refractivity contribution in [3.8, 4) is 17.6 Å². The summed E-state index contributed by atoms with van der Waals surface area (Å²) in [4.78, 5) is 0. The van der Waals surface area contributed by atoms with Crippen LogP contribution in [0.25, 0.3) is 0 Å². The van der Waals surface area contributed by atoms with Crippen LogP contribution in [0, 0.1) is 23.5 Å². The molecule has 102 valence electrons. The Kier molecular flexibility index (Phi) is 4.70. The molecule has 0 fully saturated rings. The highest BCUT2D eigenvalue weighted by Crippen LogP contribution is 2.20. The molecule has 0 aliphatic rings. The van der Waals surface area contributed by atoms with Crippen molar-refractivity contribution in [1.82, 2.24) is 0 Å². The average molecular weight is 274 g/mol. The van der Waals surface area contributed by atoms with Gasteiger partial charge in [0.1, 0.15) is 30.6 Å². The van der Waals surface area contributed by atoms with Crippen molar-refractivity contribution in [2.75, 3.05) is 6.61 Å². The fraction of sp³-hybridized carbons (Fsp3) is 0.125. The predicted molar refractivity (Wildman–Crippen MR) is 71.1 cm³/mol. The van der Waals surface area contributed by atoms with Crippen LogP contribution < -0.4 is 4.74 Å². The third-order valence-electron chi connectivity index (χ3n) is 2.55. The molecular formula is C16H12F2O2. The maximum absolute atomic E-state index is 13.2. The molecular weight excluding hydrogens is 262 g/mol.